The summed E-state index contributed by atoms with van der Waals surface area (Å²) >= 11 is 0. The molecule has 0 bridgehead atoms. The maximum Gasteiger partial charge on any atom is 0.322 e. The molecule has 0 radical (unpaired) electrons. The fourth-order valence-corrected chi connectivity index (χ4v) is 2.23. The molecule has 1 aromatic carbocycles. The Hall–Kier alpha value is -1.75. The lowest BCUT2D eigenvalue weighted by Gasteiger charge is -2.23. The minimum absolute atomic E-state index is 0.0132. The third kappa shape index (κ3) is 2.56. The Morgan fingerprint density at radius 3 is 3.06 bits per heavy atom. The van der Waals surface area contributed by atoms with Gasteiger partial charge in [-0.1, -0.05) is 12.1 Å². The number of nitrogens with zero attached hydrogens (tertiary/aromatic N) is 1. The summed E-state index contributed by atoms with van der Waals surface area (Å²) in [5.41, 5.74) is 0.647. The number of benzene rings is 1. The summed E-state index contributed by atoms with van der Waals surface area (Å²) in [4.78, 5) is 13.8. The molecule has 0 aliphatic carbocycles. The summed E-state index contributed by atoms with van der Waals surface area (Å²) in [5.74, 6) is 0.630. The summed E-state index contributed by atoms with van der Waals surface area (Å²) < 4.78 is 5.18. The molecule has 2 rings (SSSR count). The first-order chi connectivity index (χ1) is 8.76. The summed E-state index contributed by atoms with van der Waals surface area (Å²) in [7, 11) is 1.57. The molecule has 1 fully saturated rings. The van der Waals surface area contributed by atoms with Crippen LogP contribution in [-0.2, 0) is 0 Å². The van der Waals surface area contributed by atoms with Crippen LogP contribution in [0.2, 0.25) is 0 Å². The van der Waals surface area contributed by atoms with E-state index in [9.17, 15) is 9.90 Å². The highest BCUT2D eigenvalue weighted by molar-refractivity contribution is 5.91. The molecule has 1 heterocycles. The Kier molecular flexibility index (Phi) is 4.04. The predicted octanol–water partition coefficient (Wildman–Crippen LogP) is 1.68. The van der Waals surface area contributed by atoms with Gasteiger partial charge in [0.05, 0.1) is 25.4 Å². The van der Waals surface area contributed by atoms with Crippen molar-refractivity contribution < 1.29 is 14.6 Å². The van der Waals surface area contributed by atoms with E-state index in [4.69, 9.17) is 4.74 Å². The summed E-state index contributed by atoms with van der Waals surface area (Å²) in [6, 6.07) is 7.02. The molecule has 1 aromatic rings. The number of aliphatic hydroxyl groups is 1. The lowest BCUT2D eigenvalue weighted by atomic mass is 10.2. The second kappa shape index (κ2) is 5.73. The van der Waals surface area contributed by atoms with Crippen LogP contribution in [-0.4, -0.2) is 42.3 Å². The van der Waals surface area contributed by atoms with Gasteiger partial charge in [-0.2, -0.15) is 0 Å². The molecule has 18 heavy (non-hydrogen) atoms. The SMILES string of the molecule is COc1ccccc1NC(=O)N1CCCC1CO. The molecule has 98 valence electrons. The number of carbonyl (C=O) groups excluding carboxylic acids is 1. The molecule has 0 saturated carbocycles. The van der Waals surface area contributed by atoms with Gasteiger partial charge in [0.2, 0.25) is 0 Å². The lowest BCUT2D eigenvalue weighted by Crippen LogP contribution is -2.40. The van der Waals surface area contributed by atoms with E-state index < -0.39 is 0 Å². The van der Waals surface area contributed by atoms with Crippen LogP contribution < -0.4 is 10.1 Å². The van der Waals surface area contributed by atoms with E-state index in [0.717, 1.165) is 12.8 Å². The highest BCUT2D eigenvalue weighted by Crippen LogP contribution is 2.25. The van der Waals surface area contributed by atoms with Crippen molar-refractivity contribution in [1.82, 2.24) is 4.90 Å². The van der Waals surface area contributed by atoms with Crippen molar-refractivity contribution in [2.75, 3.05) is 25.6 Å². The first kappa shape index (κ1) is 12.7. The van der Waals surface area contributed by atoms with Gasteiger partial charge in [-0.25, -0.2) is 4.79 Å². The minimum atomic E-state index is -0.184. The van der Waals surface area contributed by atoms with Gasteiger partial charge < -0.3 is 20.1 Å². The van der Waals surface area contributed by atoms with Gasteiger partial charge in [0.15, 0.2) is 0 Å². The number of nitrogens with one attached hydrogen (secondary N) is 1. The fraction of sp³-hybridized carbons (Fsp3) is 0.462. The fourth-order valence-electron chi connectivity index (χ4n) is 2.23. The number of rotatable bonds is 3. The second-order valence-electron chi connectivity index (χ2n) is 4.30. The zero-order valence-electron chi connectivity index (χ0n) is 10.4. The maximum absolute atomic E-state index is 12.1. The predicted molar refractivity (Wildman–Crippen MR) is 68.8 cm³/mol. The van der Waals surface area contributed by atoms with E-state index >= 15 is 0 Å². The number of carbonyl (C=O) groups is 1. The van der Waals surface area contributed by atoms with Gasteiger partial charge in [0.1, 0.15) is 5.75 Å². The Morgan fingerprint density at radius 2 is 2.33 bits per heavy atom. The van der Waals surface area contributed by atoms with Crippen molar-refractivity contribution in [3.05, 3.63) is 24.3 Å². The first-order valence-electron chi connectivity index (χ1n) is 6.07. The van der Waals surface area contributed by atoms with E-state index in [1.165, 1.54) is 0 Å². The zero-order valence-corrected chi connectivity index (χ0v) is 10.4. The topological polar surface area (TPSA) is 61.8 Å². The molecule has 1 aliphatic rings. The highest BCUT2D eigenvalue weighted by atomic mass is 16.5. The molecular weight excluding hydrogens is 232 g/mol. The van der Waals surface area contributed by atoms with Crippen LogP contribution in [0.25, 0.3) is 0 Å². The second-order valence-corrected chi connectivity index (χ2v) is 4.30. The third-order valence-corrected chi connectivity index (χ3v) is 3.20. The van der Waals surface area contributed by atoms with Gasteiger partial charge in [0, 0.05) is 6.54 Å². The summed E-state index contributed by atoms with van der Waals surface area (Å²) in [5, 5.41) is 12.0. The smallest absolute Gasteiger partial charge is 0.322 e. The van der Waals surface area contributed by atoms with Crippen molar-refractivity contribution in [2.24, 2.45) is 0 Å². The molecule has 1 atom stereocenters. The molecule has 5 nitrogen and oxygen atoms in total. The van der Waals surface area contributed by atoms with Crippen molar-refractivity contribution in [3.8, 4) is 5.75 Å². The Labute approximate surface area is 106 Å². The molecule has 0 spiro atoms. The maximum atomic E-state index is 12.1. The molecule has 0 aromatic heterocycles. The molecule has 2 amide bonds. The number of ether oxygens (including phenoxy) is 1. The average Bonchev–Trinajstić information content (AvgIpc) is 2.87. The summed E-state index contributed by atoms with van der Waals surface area (Å²) in [6.45, 7) is 0.700. The van der Waals surface area contributed by atoms with Crippen molar-refractivity contribution in [1.29, 1.82) is 0 Å². The van der Waals surface area contributed by atoms with Gasteiger partial charge in [-0.15, -0.1) is 0 Å². The Bertz CT molecular complexity index is 422. The number of hydrogen-bond donors (Lipinski definition) is 2. The largest absolute Gasteiger partial charge is 0.495 e. The van der Waals surface area contributed by atoms with Crippen LogP contribution in [0.4, 0.5) is 10.5 Å². The van der Waals surface area contributed by atoms with Crippen LogP contribution in [0.15, 0.2) is 24.3 Å². The number of hydrogen-bond acceptors (Lipinski definition) is 3. The first-order valence-corrected chi connectivity index (χ1v) is 6.07. The molecule has 1 saturated heterocycles. The molecular formula is C13H18N2O3. The molecule has 2 N–H and O–H groups in total. The standard InChI is InChI=1S/C13H18N2O3/c1-18-12-7-3-2-6-11(12)14-13(17)15-8-4-5-10(15)9-16/h2-3,6-7,10,16H,4-5,8-9H2,1H3,(H,14,17). The third-order valence-electron chi connectivity index (χ3n) is 3.20. The van der Waals surface area contributed by atoms with Gasteiger partial charge in [-0.3, -0.25) is 0 Å². The molecule has 1 aliphatic heterocycles. The highest BCUT2D eigenvalue weighted by Gasteiger charge is 2.28. The van der Waals surface area contributed by atoms with Crippen molar-refractivity contribution >= 4 is 11.7 Å². The van der Waals surface area contributed by atoms with Crippen molar-refractivity contribution in [2.45, 2.75) is 18.9 Å². The van der Waals surface area contributed by atoms with Crippen LogP contribution in [0.5, 0.6) is 5.75 Å². The van der Waals surface area contributed by atoms with E-state index in [2.05, 4.69) is 5.32 Å². The number of urea groups is 1. The average molecular weight is 250 g/mol. The number of methoxy groups -OCH3 is 1. The monoisotopic (exact) mass is 250 g/mol. The number of anilines is 1. The Balaban J connectivity index is 2.07. The number of para-hydroxylation sites is 2. The molecule has 5 heteroatoms. The van der Waals surface area contributed by atoms with Crippen LogP contribution >= 0.6 is 0 Å². The molecule has 1 unspecified atom stereocenters. The van der Waals surface area contributed by atoms with Gasteiger partial charge in [-0.05, 0) is 25.0 Å². The van der Waals surface area contributed by atoms with E-state index in [0.29, 0.717) is 18.0 Å². The van der Waals surface area contributed by atoms with Gasteiger partial charge in [0.25, 0.3) is 0 Å². The van der Waals surface area contributed by atoms with E-state index in [1.807, 2.05) is 12.1 Å². The number of likely N-dealkylation sites (tertiary alicyclic amines) is 1. The Morgan fingerprint density at radius 1 is 1.56 bits per heavy atom. The number of amides is 2. The van der Waals surface area contributed by atoms with E-state index in [1.54, 1.807) is 24.1 Å². The lowest BCUT2D eigenvalue weighted by molar-refractivity contribution is 0.166. The normalized spacial score (nSPS) is 18.8. The van der Waals surface area contributed by atoms with E-state index in [-0.39, 0.29) is 18.7 Å². The quantitative estimate of drug-likeness (QED) is 0.858. The number of aliphatic hydroxyl groups excluding tert-OH is 1. The minimum Gasteiger partial charge on any atom is -0.495 e. The van der Waals surface area contributed by atoms with Gasteiger partial charge >= 0.3 is 6.03 Å². The summed E-state index contributed by atoms with van der Waals surface area (Å²) in [6.07, 6.45) is 1.79. The van der Waals surface area contributed by atoms with Crippen LogP contribution in [0.3, 0.4) is 0 Å². The van der Waals surface area contributed by atoms with Crippen molar-refractivity contribution in [3.63, 3.8) is 0 Å². The van der Waals surface area contributed by atoms with Crippen LogP contribution in [0.1, 0.15) is 12.8 Å². The zero-order chi connectivity index (χ0) is 13.0. The van der Waals surface area contributed by atoms with Crippen LogP contribution in [0, 0.1) is 0 Å².